The van der Waals surface area contributed by atoms with Crippen molar-refractivity contribution in [2.24, 2.45) is 0 Å². The minimum atomic E-state index is -3.64. The zero-order valence-corrected chi connectivity index (χ0v) is 10.9. The standard InChI is InChI=1S/C12H12ClF2NO3/c1-2-16(11(17)6-13)9-4-3-5-10-8(9)7-18-12(14,15)19-10/h3-5H,2,6-7H2,1H3. The van der Waals surface area contributed by atoms with Crippen molar-refractivity contribution in [2.45, 2.75) is 19.8 Å². The van der Waals surface area contributed by atoms with Gasteiger partial charge in [0, 0.05) is 12.1 Å². The zero-order valence-electron chi connectivity index (χ0n) is 10.2. The van der Waals surface area contributed by atoms with Gasteiger partial charge in [-0.05, 0) is 19.1 Å². The molecule has 104 valence electrons. The highest BCUT2D eigenvalue weighted by Crippen LogP contribution is 2.38. The summed E-state index contributed by atoms with van der Waals surface area (Å²) in [5.74, 6) is -0.487. The minimum absolute atomic E-state index is 0.00886. The van der Waals surface area contributed by atoms with Crippen LogP contribution in [0.1, 0.15) is 12.5 Å². The van der Waals surface area contributed by atoms with Gasteiger partial charge in [0.15, 0.2) is 0 Å². The van der Waals surface area contributed by atoms with E-state index in [4.69, 9.17) is 11.6 Å². The maximum absolute atomic E-state index is 13.0. The first-order chi connectivity index (χ1) is 8.98. The van der Waals surface area contributed by atoms with Gasteiger partial charge in [-0.3, -0.25) is 9.53 Å². The molecule has 0 aliphatic carbocycles. The summed E-state index contributed by atoms with van der Waals surface area (Å²) in [7, 11) is 0. The Hall–Kier alpha value is -1.40. The van der Waals surface area contributed by atoms with Crippen molar-refractivity contribution >= 4 is 23.2 Å². The Bertz CT molecular complexity index is 496. The van der Waals surface area contributed by atoms with Crippen LogP contribution >= 0.6 is 11.6 Å². The van der Waals surface area contributed by atoms with Crippen LogP contribution in [0.5, 0.6) is 5.75 Å². The van der Waals surface area contributed by atoms with Gasteiger partial charge in [0.1, 0.15) is 11.6 Å². The molecule has 0 aromatic heterocycles. The van der Waals surface area contributed by atoms with Gasteiger partial charge >= 0.3 is 6.29 Å². The van der Waals surface area contributed by atoms with Crippen LogP contribution in [0, 0.1) is 0 Å². The number of nitrogens with zero attached hydrogens (tertiary/aromatic N) is 1. The van der Waals surface area contributed by atoms with Gasteiger partial charge in [-0.2, -0.15) is 0 Å². The van der Waals surface area contributed by atoms with Crippen LogP contribution < -0.4 is 9.64 Å². The molecule has 19 heavy (non-hydrogen) atoms. The van der Waals surface area contributed by atoms with E-state index in [2.05, 4.69) is 9.47 Å². The molecule has 0 bridgehead atoms. The normalized spacial score (nSPS) is 16.4. The number of benzene rings is 1. The van der Waals surface area contributed by atoms with E-state index in [9.17, 15) is 13.6 Å². The fourth-order valence-corrected chi connectivity index (χ4v) is 2.06. The molecule has 0 atom stereocenters. The van der Waals surface area contributed by atoms with Crippen molar-refractivity contribution in [3.63, 3.8) is 0 Å². The second-order valence-corrected chi connectivity index (χ2v) is 4.15. The molecule has 0 saturated carbocycles. The van der Waals surface area contributed by atoms with E-state index in [0.29, 0.717) is 17.8 Å². The Morgan fingerprint density at radius 2 is 2.26 bits per heavy atom. The first-order valence-electron chi connectivity index (χ1n) is 5.67. The SMILES string of the molecule is CCN(C(=O)CCl)c1cccc2c1COC(F)(F)O2. The van der Waals surface area contributed by atoms with Crippen LogP contribution in [0.4, 0.5) is 14.5 Å². The summed E-state index contributed by atoms with van der Waals surface area (Å²) in [4.78, 5) is 13.1. The Balaban J connectivity index is 2.41. The second-order valence-electron chi connectivity index (χ2n) is 3.88. The summed E-state index contributed by atoms with van der Waals surface area (Å²) >= 11 is 5.53. The van der Waals surface area contributed by atoms with E-state index in [1.54, 1.807) is 19.1 Å². The lowest BCUT2D eigenvalue weighted by molar-refractivity contribution is -0.367. The van der Waals surface area contributed by atoms with Crippen molar-refractivity contribution in [1.29, 1.82) is 0 Å². The molecule has 1 heterocycles. The molecule has 1 amide bonds. The van der Waals surface area contributed by atoms with E-state index in [1.807, 2.05) is 0 Å². The average molecular weight is 292 g/mol. The quantitative estimate of drug-likeness (QED) is 0.804. The van der Waals surface area contributed by atoms with E-state index in [-0.39, 0.29) is 24.1 Å². The summed E-state index contributed by atoms with van der Waals surface area (Å²) in [6, 6.07) is 4.59. The summed E-state index contributed by atoms with van der Waals surface area (Å²) in [6.07, 6.45) is -3.64. The Morgan fingerprint density at radius 3 is 2.89 bits per heavy atom. The number of anilines is 1. The molecular formula is C12H12ClF2NO3. The summed E-state index contributed by atoms with van der Waals surface area (Å²) < 4.78 is 34.7. The molecule has 1 aliphatic rings. The predicted molar refractivity (Wildman–Crippen MR) is 65.6 cm³/mol. The Labute approximate surface area is 113 Å². The maximum Gasteiger partial charge on any atom is 0.535 e. The monoisotopic (exact) mass is 291 g/mol. The van der Waals surface area contributed by atoms with E-state index < -0.39 is 6.29 Å². The molecule has 0 fully saturated rings. The predicted octanol–water partition coefficient (Wildman–Crippen LogP) is 2.74. The maximum atomic E-state index is 13.0. The lowest BCUT2D eigenvalue weighted by atomic mass is 10.1. The van der Waals surface area contributed by atoms with Crippen LogP contribution in [-0.2, 0) is 16.1 Å². The number of ether oxygens (including phenoxy) is 2. The Morgan fingerprint density at radius 1 is 1.53 bits per heavy atom. The number of alkyl halides is 3. The highest BCUT2D eigenvalue weighted by atomic mass is 35.5. The average Bonchev–Trinajstić information content (AvgIpc) is 2.38. The molecule has 0 spiro atoms. The van der Waals surface area contributed by atoms with E-state index >= 15 is 0 Å². The summed E-state index contributed by atoms with van der Waals surface area (Å²) in [5.41, 5.74) is 0.884. The van der Waals surface area contributed by atoms with Crippen molar-refractivity contribution in [2.75, 3.05) is 17.3 Å². The van der Waals surface area contributed by atoms with Crippen LogP contribution in [0.15, 0.2) is 18.2 Å². The van der Waals surface area contributed by atoms with Crippen LogP contribution in [0.2, 0.25) is 0 Å². The van der Waals surface area contributed by atoms with E-state index in [1.165, 1.54) is 11.0 Å². The second kappa shape index (κ2) is 5.30. The third-order valence-corrected chi connectivity index (χ3v) is 2.97. The topological polar surface area (TPSA) is 38.8 Å². The highest BCUT2D eigenvalue weighted by Gasteiger charge is 2.39. The molecule has 1 aromatic carbocycles. The van der Waals surface area contributed by atoms with Gasteiger partial charge in [0.25, 0.3) is 0 Å². The summed E-state index contributed by atoms with van der Waals surface area (Å²) in [5, 5.41) is 0. The third kappa shape index (κ3) is 2.79. The molecule has 0 saturated heterocycles. The summed E-state index contributed by atoms with van der Waals surface area (Å²) in [6.45, 7) is 1.81. The fraction of sp³-hybridized carbons (Fsp3) is 0.417. The molecule has 2 rings (SSSR count). The number of amides is 1. The number of hydrogen-bond acceptors (Lipinski definition) is 3. The van der Waals surface area contributed by atoms with Gasteiger partial charge in [-0.15, -0.1) is 20.4 Å². The number of rotatable bonds is 3. The van der Waals surface area contributed by atoms with Gasteiger partial charge in [-0.25, -0.2) is 0 Å². The molecule has 0 unspecified atom stereocenters. The lowest BCUT2D eigenvalue weighted by Gasteiger charge is -2.29. The minimum Gasteiger partial charge on any atom is -0.409 e. The van der Waals surface area contributed by atoms with Gasteiger partial charge in [0.2, 0.25) is 5.91 Å². The van der Waals surface area contributed by atoms with Crippen LogP contribution in [-0.4, -0.2) is 24.6 Å². The van der Waals surface area contributed by atoms with Crippen molar-refractivity contribution in [3.8, 4) is 5.75 Å². The van der Waals surface area contributed by atoms with Crippen LogP contribution in [0.25, 0.3) is 0 Å². The molecular weight excluding hydrogens is 280 g/mol. The Kier molecular flexibility index (Phi) is 3.91. The number of carbonyl (C=O) groups excluding carboxylic acids is 1. The molecule has 1 aliphatic heterocycles. The number of halogens is 3. The van der Waals surface area contributed by atoms with Gasteiger partial charge < -0.3 is 9.64 Å². The number of fused-ring (bicyclic) bond motifs is 1. The molecule has 1 aromatic rings. The van der Waals surface area contributed by atoms with Gasteiger partial charge in [0.05, 0.1) is 12.3 Å². The van der Waals surface area contributed by atoms with Crippen molar-refractivity contribution < 1.29 is 23.0 Å². The first-order valence-corrected chi connectivity index (χ1v) is 6.21. The van der Waals surface area contributed by atoms with Gasteiger partial charge in [-0.1, -0.05) is 6.07 Å². The smallest absolute Gasteiger partial charge is 0.409 e. The zero-order chi connectivity index (χ0) is 14.0. The molecule has 0 N–H and O–H groups in total. The number of hydrogen-bond donors (Lipinski definition) is 0. The van der Waals surface area contributed by atoms with Crippen molar-refractivity contribution in [1.82, 2.24) is 0 Å². The third-order valence-electron chi connectivity index (χ3n) is 2.74. The largest absolute Gasteiger partial charge is 0.535 e. The molecule has 0 radical (unpaired) electrons. The fourth-order valence-electron chi connectivity index (χ4n) is 1.91. The number of carbonyl (C=O) groups is 1. The first kappa shape index (κ1) is 14.0. The highest BCUT2D eigenvalue weighted by molar-refractivity contribution is 6.29. The van der Waals surface area contributed by atoms with E-state index in [0.717, 1.165) is 0 Å². The molecule has 4 nitrogen and oxygen atoms in total. The lowest BCUT2D eigenvalue weighted by Crippen LogP contribution is -2.36. The van der Waals surface area contributed by atoms with Crippen molar-refractivity contribution in [3.05, 3.63) is 23.8 Å². The molecule has 7 heteroatoms. The van der Waals surface area contributed by atoms with Crippen LogP contribution in [0.3, 0.4) is 0 Å².